The second-order valence-corrected chi connectivity index (χ2v) is 2.56. The third kappa shape index (κ3) is 7.85. The van der Waals surface area contributed by atoms with Crippen LogP contribution in [-0.2, 0) is 9.26 Å². The van der Waals surface area contributed by atoms with Gasteiger partial charge in [-0.3, -0.25) is 0 Å². The summed E-state index contributed by atoms with van der Waals surface area (Å²) in [5.74, 6) is 0. The average Bonchev–Trinajstić information content (AvgIpc) is 1.86. The first kappa shape index (κ1) is 11.0. The maximum absolute atomic E-state index is 11.6. The normalized spacial score (nSPS) is 13.5. The number of hydrogen-bond acceptors (Lipinski definition) is 2. The summed E-state index contributed by atoms with van der Waals surface area (Å²) in [6, 6.07) is 0. The summed E-state index contributed by atoms with van der Waals surface area (Å²) in [6.45, 7) is 5.49. The fourth-order valence-electron chi connectivity index (χ4n) is 0.484. The van der Waals surface area contributed by atoms with Gasteiger partial charge >= 0.3 is 8.77 Å². The molecule has 0 aliphatic carbocycles. The van der Waals surface area contributed by atoms with Gasteiger partial charge in [-0.25, -0.2) is 0 Å². The molecule has 0 amide bonds. The first-order valence-corrected chi connectivity index (χ1v) is 4.18. The lowest BCUT2D eigenvalue weighted by atomic mass is 10.4. The van der Waals surface area contributed by atoms with Crippen molar-refractivity contribution in [2.24, 2.45) is 0 Å². The second kappa shape index (κ2) is 6.65. The van der Waals surface area contributed by atoms with Crippen molar-refractivity contribution in [2.75, 3.05) is 13.2 Å². The van der Waals surface area contributed by atoms with Crippen molar-refractivity contribution in [3.8, 4) is 0 Å². The van der Waals surface area contributed by atoms with Gasteiger partial charge in [-0.2, -0.15) is 8.39 Å². The summed E-state index contributed by atoms with van der Waals surface area (Å²) < 4.78 is 32.2. The number of rotatable bonds is 6. The van der Waals surface area contributed by atoms with Crippen molar-refractivity contribution >= 4 is 8.77 Å². The van der Waals surface area contributed by atoms with Gasteiger partial charge in [0.15, 0.2) is 0 Å². The summed E-state index contributed by atoms with van der Waals surface area (Å²) in [7, 11) is -3.27. The molecule has 0 saturated carbocycles. The first-order chi connectivity index (χ1) is 5.16. The lowest BCUT2D eigenvalue weighted by Crippen LogP contribution is -2.12. The van der Waals surface area contributed by atoms with E-state index in [2.05, 4.69) is 11.1 Å². The predicted octanol–water partition coefficient (Wildman–Crippen LogP) is 2.76. The van der Waals surface area contributed by atoms with Crippen LogP contribution in [0.5, 0.6) is 0 Å². The molecule has 5 heteroatoms. The molecule has 66 valence electrons. The van der Waals surface area contributed by atoms with Gasteiger partial charge in [-0.05, 0) is 6.92 Å². The lowest BCUT2D eigenvalue weighted by Gasteiger charge is -2.09. The van der Waals surface area contributed by atoms with Crippen LogP contribution in [0.25, 0.3) is 0 Å². The Morgan fingerprint density at radius 2 is 2.27 bits per heavy atom. The third-order valence-corrected chi connectivity index (χ3v) is 1.37. The molecule has 2 nitrogen and oxygen atoms in total. The molecule has 0 aliphatic rings. The minimum atomic E-state index is -3.27. The molecule has 0 bridgehead atoms. The molecule has 0 N–H and O–H groups in total. The highest BCUT2D eigenvalue weighted by Gasteiger charge is 2.11. The molecule has 0 fully saturated rings. The van der Waals surface area contributed by atoms with Crippen LogP contribution in [0.1, 0.15) is 6.92 Å². The Kier molecular flexibility index (Phi) is 6.62. The average molecular weight is 184 g/mol. The smallest absolute Gasteiger partial charge is 0.375 e. The fourth-order valence-corrected chi connectivity index (χ4v) is 0.817. The van der Waals surface area contributed by atoms with Gasteiger partial charge in [0.2, 0.25) is 0 Å². The molecular weight excluding hydrogens is 173 g/mol. The summed E-state index contributed by atoms with van der Waals surface area (Å²) in [6.07, 6.45) is 1.01. The van der Waals surface area contributed by atoms with Crippen molar-refractivity contribution in [1.82, 2.24) is 0 Å². The molecule has 0 heterocycles. The lowest BCUT2D eigenvalue weighted by molar-refractivity contribution is 0.0735. The standard InChI is InChI=1S/C6H11F2O2P/c1-3-4-9-5-6(2)10-11(7)8/h3,6H,1,4-5H2,2H3. The van der Waals surface area contributed by atoms with Crippen molar-refractivity contribution in [3.05, 3.63) is 12.7 Å². The summed E-state index contributed by atoms with van der Waals surface area (Å²) in [5, 5.41) is 0. The van der Waals surface area contributed by atoms with E-state index in [4.69, 9.17) is 4.74 Å². The quantitative estimate of drug-likeness (QED) is 0.359. The molecule has 1 atom stereocenters. The van der Waals surface area contributed by atoms with Crippen LogP contribution in [0.3, 0.4) is 0 Å². The van der Waals surface area contributed by atoms with E-state index in [0.717, 1.165) is 0 Å². The molecule has 0 aromatic carbocycles. The summed E-state index contributed by atoms with van der Waals surface area (Å²) in [5.41, 5.74) is 0. The Balaban J connectivity index is 3.21. The van der Waals surface area contributed by atoms with E-state index in [1.807, 2.05) is 0 Å². The highest BCUT2D eigenvalue weighted by atomic mass is 31.2. The number of hydrogen-bond donors (Lipinski definition) is 0. The van der Waals surface area contributed by atoms with Gasteiger partial charge < -0.3 is 9.26 Å². The Hall–Kier alpha value is -0.0500. The minimum Gasteiger partial charge on any atom is -0.375 e. The first-order valence-electron chi connectivity index (χ1n) is 3.14. The van der Waals surface area contributed by atoms with Gasteiger partial charge in [0, 0.05) is 0 Å². The van der Waals surface area contributed by atoms with Gasteiger partial charge in [0.25, 0.3) is 0 Å². The van der Waals surface area contributed by atoms with Crippen LogP contribution in [0.2, 0.25) is 0 Å². The van der Waals surface area contributed by atoms with Crippen LogP contribution in [0.15, 0.2) is 12.7 Å². The molecule has 1 unspecified atom stereocenters. The molecule has 0 radical (unpaired) electrons. The zero-order valence-corrected chi connectivity index (χ0v) is 7.19. The minimum absolute atomic E-state index is 0.179. The van der Waals surface area contributed by atoms with Crippen LogP contribution >= 0.6 is 8.77 Å². The van der Waals surface area contributed by atoms with Crippen LogP contribution in [0.4, 0.5) is 8.39 Å². The van der Waals surface area contributed by atoms with E-state index < -0.39 is 14.9 Å². The predicted molar refractivity (Wildman–Crippen MR) is 40.7 cm³/mol. The number of halogens is 2. The van der Waals surface area contributed by atoms with E-state index in [1.54, 1.807) is 6.08 Å². The van der Waals surface area contributed by atoms with E-state index in [-0.39, 0.29) is 6.61 Å². The molecular formula is C6H11F2O2P. The van der Waals surface area contributed by atoms with Crippen molar-refractivity contribution in [3.63, 3.8) is 0 Å². The van der Waals surface area contributed by atoms with Crippen LogP contribution < -0.4 is 0 Å². The SMILES string of the molecule is C=CCOCC(C)OP(F)F. The van der Waals surface area contributed by atoms with Crippen molar-refractivity contribution in [1.29, 1.82) is 0 Å². The summed E-state index contributed by atoms with van der Waals surface area (Å²) >= 11 is 0. The Labute approximate surface area is 66.3 Å². The molecule has 0 aromatic rings. The molecule has 0 saturated heterocycles. The third-order valence-electron chi connectivity index (χ3n) is 0.848. The molecule has 0 aliphatic heterocycles. The van der Waals surface area contributed by atoms with Gasteiger partial charge in [-0.1, -0.05) is 6.08 Å². The fraction of sp³-hybridized carbons (Fsp3) is 0.667. The Morgan fingerprint density at radius 1 is 1.64 bits per heavy atom. The van der Waals surface area contributed by atoms with E-state index in [0.29, 0.717) is 6.61 Å². The maximum Gasteiger partial charge on any atom is 0.415 e. The Bertz CT molecular complexity index is 111. The monoisotopic (exact) mass is 184 g/mol. The van der Waals surface area contributed by atoms with Crippen molar-refractivity contribution in [2.45, 2.75) is 13.0 Å². The van der Waals surface area contributed by atoms with Gasteiger partial charge in [-0.15, -0.1) is 6.58 Å². The second-order valence-electron chi connectivity index (χ2n) is 1.94. The van der Waals surface area contributed by atoms with Crippen LogP contribution in [0, 0.1) is 0 Å². The van der Waals surface area contributed by atoms with Gasteiger partial charge in [0.1, 0.15) is 0 Å². The van der Waals surface area contributed by atoms with E-state index in [1.165, 1.54) is 6.92 Å². The van der Waals surface area contributed by atoms with Gasteiger partial charge in [0.05, 0.1) is 19.3 Å². The number of ether oxygens (including phenoxy) is 1. The summed E-state index contributed by atoms with van der Waals surface area (Å²) in [4.78, 5) is 0. The zero-order valence-electron chi connectivity index (χ0n) is 6.30. The molecule has 0 rings (SSSR count). The van der Waals surface area contributed by atoms with E-state index >= 15 is 0 Å². The largest absolute Gasteiger partial charge is 0.415 e. The molecule has 11 heavy (non-hydrogen) atoms. The topological polar surface area (TPSA) is 18.5 Å². The van der Waals surface area contributed by atoms with Crippen molar-refractivity contribution < 1.29 is 17.7 Å². The van der Waals surface area contributed by atoms with E-state index in [9.17, 15) is 8.39 Å². The molecule has 0 spiro atoms. The Morgan fingerprint density at radius 3 is 2.73 bits per heavy atom. The highest BCUT2D eigenvalue weighted by Crippen LogP contribution is 2.41. The molecule has 0 aromatic heterocycles. The van der Waals surface area contributed by atoms with Crippen LogP contribution in [-0.4, -0.2) is 19.3 Å². The maximum atomic E-state index is 11.6. The highest BCUT2D eigenvalue weighted by molar-refractivity contribution is 7.40. The zero-order chi connectivity index (χ0) is 8.69.